The molecule has 0 spiro atoms. The van der Waals surface area contributed by atoms with E-state index in [9.17, 15) is 9.59 Å². The summed E-state index contributed by atoms with van der Waals surface area (Å²) in [5.41, 5.74) is 9.64. The summed E-state index contributed by atoms with van der Waals surface area (Å²) >= 11 is 0. The molecule has 0 atom stereocenters. The monoisotopic (exact) mass is 186 g/mol. The zero-order valence-electron chi connectivity index (χ0n) is 6.77. The van der Waals surface area contributed by atoms with E-state index in [2.05, 4.69) is 10.5 Å². The minimum atomic E-state index is -1.12. The summed E-state index contributed by atoms with van der Waals surface area (Å²) in [6.45, 7) is 0. The van der Waals surface area contributed by atoms with Crippen LogP contribution in [-0.2, 0) is 9.53 Å². The Balaban J connectivity index is 3.93. The number of hydrogen-bond acceptors (Lipinski definition) is 4. The number of rotatable bonds is 4. The van der Waals surface area contributed by atoms with E-state index in [1.54, 1.807) is 0 Å². The third kappa shape index (κ3) is 5.31. The maximum absolute atomic E-state index is 10.3. The average molecular weight is 186 g/mol. The minimum Gasteiger partial charge on any atom is -0.478 e. The Morgan fingerprint density at radius 2 is 2.08 bits per heavy atom. The van der Waals surface area contributed by atoms with E-state index in [1.807, 2.05) is 0 Å². The van der Waals surface area contributed by atoms with Gasteiger partial charge in [0.15, 0.2) is 0 Å². The molecule has 0 aromatic carbocycles. The number of carboxylic acid groups (broad SMARTS) is 1. The van der Waals surface area contributed by atoms with E-state index in [1.165, 1.54) is 6.08 Å². The van der Waals surface area contributed by atoms with E-state index >= 15 is 0 Å². The van der Waals surface area contributed by atoms with Gasteiger partial charge in [0.2, 0.25) is 0 Å². The van der Waals surface area contributed by atoms with Gasteiger partial charge in [-0.05, 0) is 6.08 Å². The van der Waals surface area contributed by atoms with Crippen molar-refractivity contribution in [2.45, 2.75) is 6.42 Å². The fourth-order valence-electron chi connectivity index (χ4n) is 0.517. The third-order valence-electron chi connectivity index (χ3n) is 1.09. The normalized spacial score (nSPS) is 11.5. The fourth-order valence-corrected chi connectivity index (χ4v) is 0.517. The lowest BCUT2D eigenvalue weighted by atomic mass is 10.2. The van der Waals surface area contributed by atoms with Gasteiger partial charge in [-0.25, -0.2) is 9.59 Å². The van der Waals surface area contributed by atoms with Gasteiger partial charge in [0.05, 0.1) is 11.8 Å². The van der Waals surface area contributed by atoms with Gasteiger partial charge < -0.3 is 21.3 Å². The van der Waals surface area contributed by atoms with Gasteiger partial charge in [-0.15, -0.1) is 0 Å². The highest BCUT2D eigenvalue weighted by molar-refractivity contribution is 5.86. The number of primary amides is 1. The number of carbonyl (C=O) groups excluding carboxylic acids is 1. The summed E-state index contributed by atoms with van der Waals surface area (Å²) in [7, 11) is 0. The average Bonchev–Trinajstić information content (AvgIpc) is 2.03. The first-order chi connectivity index (χ1) is 6.07. The first-order valence-corrected chi connectivity index (χ1v) is 3.33. The lowest BCUT2D eigenvalue weighted by Gasteiger charge is -1.94. The van der Waals surface area contributed by atoms with Gasteiger partial charge in [0.1, 0.15) is 0 Å². The Morgan fingerprint density at radius 3 is 2.46 bits per heavy atom. The van der Waals surface area contributed by atoms with Crippen LogP contribution in [0.25, 0.3) is 0 Å². The molecule has 0 unspecified atom stereocenters. The van der Waals surface area contributed by atoms with E-state index in [0.29, 0.717) is 0 Å². The lowest BCUT2D eigenvalue weighted by Crippen LogP contribution is -2.09. The lowest BCUT2D eigenvalue weighted by molar-refractivity contribution is -0.132. The van der Waals surface area contributed by atoms with Crippen LogP contribution in [0.3, 0.4) is 0 Å². The molecule has 0 saturated carbocycles. The first-order valence-electron chi connectivity index (χ1n) is 3.33. The molecule has 0 aliphatic rings. The SMILES string of the molecule is NC=C(CC=COC(N)=O)C(=O)O. The largest absolute Gasteiger partial charge is 0.478 e. The molecule has 0 fully saturated rings. The van der Waals surface area contributed by atoms with E-state index in [-0.39, 0.29) is 12.0 Å². The van der Waals surface area contributed by atoms with Crippen molar-refractivity contribution >= 4 is 12.1 Å². The standard InChI is InChI=1S/C7H10N2O4/c8-4-5(6(10)11)2-1-3-13-7(9)12/h1,3-4H,2,8H2,(H2,9,12)(H,10,11). The van der Waals surface area contributed by atoms with Gasteiger partial charge in [-0.3, -0.25) is 0 Å². The molecule has 1 amide bonds. The van der Waals surface area contributed by atoms with Crippen molar-refractivity contribution in [3.63, 3.8) is 0 Å². The van der Waals surface area contributed by atoms with Gasteiger partial charge in [0.25, 0.3) is 0 Å². The highest BCUT2D eigenvalue weighted by atomic mass is 16.5. The molecule has 0 heterocycles. The second-order valence-electron chi connectivity index (χ2n) is 2.01. The smallest absolute Gasteiger partial charge is 0.409 e. The highest BCUT2D eigenvalue weighted by Gasteiger charge is 2.02. The van der Waals surface area contributed by atoms with Crippen LogP contribution in [-0.4, -0.2) is 17.2 Å². The molecular weight excluding hydrogens is 176 g/mol. The molecule has 0 aliphatic heterocycles. The zero-order chi connectivity index (χ0) is 10.3. The number of aliphatic carboxylic acids is 1. The van der Waals surface area contributed by atoms with Gasteiger partial charge >= 0.3 is 12.1 Å². The number of amides is 1. The second-order valence-corrected chi connectivity index (χ2v) is 2.01. The number of carbonyl (C=O) groups is 2. The van der Waals surface area contributed by atoms with Crippen LogP contribution in [0, 0.1) is 0 Å². The summed E-state index contributed by atoms with van der Waals surface area (Å²) in [5.74, 6) is -1.12. The number of ether oxygens (including phenoxy) is 1. The van der Waals surface area contributed by atoms with Crippen LogP contribution < -0.4 is 11.5 Å². The first kappa shape index (κ1) is 11.0. The molecule has 6 nitrogen and oxygen atoms in total. The summed E-state index contributed by atoms with van der Waals surface area (Å²) in [6, 6.07) is 0. The fraction of sp³-hybridized carbons (Fsp3) is 0.143. The van der Waals surface area contributed by atoms with Gasteiger partial charge in [0, 0.05) is 12.6 Å². The Bertz CT molecular complexity index is 257. The summed E-state index contributed by atoms with van der Waals surface area (Å²) in [6.07, 6.45) is 2.41. The van der Waals surface area contributed by atoms with Crippen molar-refractivity contribution in [1.29, 1.82) is 0 Å². The molecular formula is C7H10N2O4. The summed E-state index contributed by atoms with van der Waals surface area (Å²) in [4.78, 5) is 20.4. The molecule has 0 radical (unpaired) electrons. The van der Waals surface area contributed by atoms with Crippen molar-refractivity contribution in [1.82, 2.24) is 0 Å². The molecule has 13 heavy (non-hydrogen) atoms. The van der Waals surface area contributed by atoms with Crippen LogP contribution in [0.5, 0.6) is 0 Å². The van der Waals surface area contributed by atoms with E-state index in [0.717, 1.165) is 12.5 Å². The van der Waals surface area contributed by atoms with E-state index < -0.39 is 12.1 Å². The summed E-state index contributed by atoms with van der Waals surface area (Å²) < 4.78 is 4.21. The molecule has 0 aliphatic carbocycles. The Morgan fingerprint density at radius 1 is 1.46 bits per heavy atom. The highest BCUT2D eigenvalue weighted by Crippen LogP contribution is 2.00. The van der Waals surface area contributed by atoms with Gasteiger partial charge in [-0.1, -0.05) is 0 Å². The quantitative estimate of drug-likeness (QED) is 0.419. The van der Waals surface area contributed by atoms with E-state index in [4.69, 9.17) is 10.8 Å². The maximum Gasteiger partial charge on any atom is 0.409 e. The van der Waals surface area contributed by atoms with Crippen LogP contribution in [0.2, 0.25) is 0 Å². The molecule has 6 heteroatoms. The number of carboxylic acids is 1. The van der Waals surface area contributed by atoms with Crippen molar-refractivity contribution < 1.29 is 19.4 Å². The predicted octanol–water partition coefficient (Wildman–Crippen LogP) is -0.0873. The maximum atomic E-state index is 10.3. The second kappa shape index (κ2) is 5.64. The topological polar surface area (TPSA) is 116 Å². The van der Waals surface area contributed by atoms with Crippen molar-refractivity contribution in [3.8, 4) is 0 Å². The van der Waals surface area contributed by atoms with Crippen molar-refractivity contribution in [3.05, 3.63) is 24.1 Å². The Labute approximate surface area is 74.5 Å². The Kier molecular flexibility index (Phi) is 4.78. The van der Waals surface area contributed by atoms with Crippen molar-refractivity contribution in [2.75, 3.05) is 0 Å². The Hall–Kier alpha value is -1.98. The number of allylic oxidation sites excluding steroid dienone is 1. The van der Waals surface area contributed by atoms with Crippen LogP contribution in [0.4, 0.5) is 4.79 Å². The molecule has 0 aromatic rings. The zero-order valence-corrected chi connectivity index (χ0v) is 6.77. The molecule has 5 N–H and O–H groups in total. The minimum absolute atomic E-state index is 0.00400. The van der Waals surface area contributed by atoms with Crippen molar-refractivity contribution in [2.24, 2.45) is 11.5 Å². The molecule has 72 valence electrons. The summed E-state index contributed by atoms with van der Waals surface area (Å²) in [5, 5.41) is 8.47. The van der Waals surface area contributed by atoms with Crippen LogP contribution in [0.15, 0.2) is 24.1 Å². The predicted molar refractivity (Wildman–Crippen MR) is 44.3 cm³/mol. The van der Waals surface area contributed by atoms with Crippen LogP contribution >= 0.6 is 0 Å². The number of nitrogens with two attached hydrogens (primary N) is 2. The van der Waals surface area contributed by atoms with Crippen LogP contribution in [0.1, 0.15) is 6.42 Å². The molecule has 0 aromatic heterocycles. The molecule has 0 bridgehead atoms. The molecule has 0 rings (SSSR count). The molecule has 0 saturated heterocycles. The third-order valence-corrected chi connectivity index (χ3v) is 1.09. The number of hydrogen-bond donors (Lipinski definition) is 3. The van der Waals surface area contributed by atoms with Gasteiger partial charge in [-0.2, -0.15) is 0 Å².